The van der Waals surface area contributed by atoms with E-state index in [4.69, 9.17) is 0 Å². The Morgan fingerprint density at radius 3 is 2.16 bits per heavy atom. The van der Waals surface area contributed by atoms with Crippen LogP contribution in [0.3, 0.4) is 0 Å². The van der Waals surface area contributed by atoms with Gasteiger partial charge < -0.3 is 9.80 Å². The molecule has 132 valence electrons. The van der Waals surface area contributed by atoms with Crippen molar-refractivity contribution >= 4 is 29.8 Å². The van der Waals surface area contributed by atoms with Crippen molar-refractivity contribution in [2.45, 2.75) is 12.8 Å². The summed E-state index contributed by atoms with van der Waals surface area (Å²) < 4.78 is 0. The minimum Gasteiger partial charge on any atom is -0.368 e. The lowest BCUT2D eigenvalue weighted by Crippen LogP contribution is -2.48. The van der Waals surface area contributed by atoms with Crippen molar-refractivity contribution in [3.8, 4) is 0 Å². The highest BCUT2D eigenvalue weighted by molar-refractivity contribution is 5.97. The van der Waals surface area contributed by atoms with Gasteiger partial charge in [0.05, 0.1) is 0 Å². The molecule has 1 amide bonds. The van der Waals surface area contributed by atoms with Crippen molar-refractivity contribution in [2.24, 2.45) is 0 Å². The molecule has 6 heteroatoms. The maximum Gasteiger partial charge on any atom is 0.223 e. The maximum absolute atomic E-state index is 12.3. The highest BCUT2D eigenvalue weighted by Gasteiger charge is 2.21. The molecule has 1 aromatic heterocycles. The SMILES string of the molecule is Cl.O=C(CCC(=O)N1CCN(c2ccncc2)CC1)c1ccccc1. The zero-order valence-corrected chi connectivity index (χ0v) is 14.8. The molecule has 0 N–H and O–H groups in total. The van der Waals surface area contributed by atoms with E-state index < -0.39 is 0 Å². The van der Waals surface area contributed by atoms with Crippen LogP contribution >= 0.6 is 12.4 Å². The molecular formula is C19H22ClN3O2. The van der Waals surface area contributed by atoms with Gasteiger partial charge in [0.2, 0.25) is 5.91 Å². The maximum atomic E-state index is 12.3. The number of ketones is 1. The molecule has 0 saturated carbocycles. The normalized spacial score (nSPS) is 13.9. The highest BCUT2D eigenvalue weighted by Crippen LogP contribution is 2.15. The number of nitrogens with zero attached hydrogens (tertiary/aromatic N) is 3. The van der Waals surface area contributed by atoms with Crippen LogP contribution in [0.15, 0.2) is 54.9 Å². The predicted octanol–water partition coefficient (Wildman–Crippen LogP) is 2.82. The summed E-state index contributed by atoms with van der Waals surface area (Å²) in [6, 6.07) is 13.1. The van der Waals surface area contributed by atoms with E-state index in [1.165, 1.54) is 0 Å². The second-order valence-electron chi connectivity index (χ2n) is 5.86. The molecule has 0 radical (unpaired) electrons. The molecular weight excluding hydrogens is 338 g/mol. The van der Waals surface area contributed by atoms with Crippen molar-refractivity contribution in [2.75, 3.05) is 31.1 Å². The molecule has 0 unspecified atom stereocenters. The van der Waals surface area contributed by atoms with E-state index in [9.17, 15) is 9.59 Å². The van der Waals surface area contributed by atoms with Crippen molar-refractivity contribution < 1.29 is 9.59 Å². The van der Waals surface area contributed by atoms with Crippen LogP contribution in [0.2, 0.25) is 0 Å². The molecule has 2 aromatic rings. The quantitative estimate of drug-likeness (QED) is 0.770. The van der Waals surface area contributed by atoms with Crippen LogP contribution < -0.4 is 4.90 Å². The van der Waals surface area contributed by atoms with Crippen LogP contribution in [0.4, 0.5) is 5.69 Å². The Bertz CT molecular complexity index is 686. The molecule has 1 fully saturated rings. The Morgan fingerprint density at radius 1 is 0.880 bits per heavy atom. The monoisotopic (exact) mass is 359 g/mol. The van der Waals surface area contributed by atoms with Crippen LogP contribution in [0, 0.1) is 0 Å². The van der Waals surface area contributed by atoms with Gasteiger partial charge in [0, 0.05) is 62.7 Å². The first-order chi connectivity index (χ1) is 11.7. The van der Waals surface area contributed by atoms with Gasteiger partial charge in [0.1, 0.15) is 0 Å². The fraction of sp³-hybridized carbons (Fsp3) is 0.316. The first-order valence-electron chi connectivity index (χ1n) is 8.25. The summed E-state index contributed by atoms with van der Waals surface area (Å²) in [6.07, 6.45) is 4.11. The average molecular weight is 360 g/mol. The number of halogens is 1. The lowest BCUT2D eigenvalue weighted by atomic mass is 10.1. The molecule has 25 heavy (non-hydrogen) atoms. The molecule has 1 aliphatic heterocycles. The third kappa shape index (κ3) is 5.03. The molecule has 1 aliphatic rings. The molecule has 1 saturated heterocycles. The van der Waals surface area contributed by atoms with Crippen molar-refractivity contribution in [3.63, 3.8) is 0 Å². The summed E-state index contributed by atoms with van der Waals surface area (Å²) in [5.41, 5.74) is 1.81. The van der Waals surface area contributed by atoms with Gasteiger partial charge in [-0.05, 0) is 12.1 Å². The van der Waals surface area contributed by atoms with Gasteiger partial charge in [-0.25, -0.2) is 0 Å². The van der Waals surface area contributed by atoms with Gasteiger partial charge in [-0.1, -0.05) is 30.3 Å². The van der Waals surface area contributed by atoms with Crippen LogP contribution in [0.25, 0.3) is 0 Å². The fourth-order valence-electron chi connectivity index (χ4n) is 2.92. The van der Waals surface area contributed by atoms with Crippen LogP contribution in [0.1, 0.15) is 23.2 Å². The number of piperazine rings is 1. The molecule has 0 atom stereocenters. The molecule has 0 spiro atoms. The topological polar surface area (TPSA) is 53.5 Å². The van der Waals surface area contributed by atoms with E-state index in [0.29, 0.717) is 18.7 Å². The van der Waals surface area contributed by atoms with E-state index in [1.54, 1.807) is 24.5 Å². The average Bonchev–Trinajstić information content (AvgIpc) is 2.67. The smallest absolute Gasteiger partial charge is 0.223 e. The van der Waals surface area contributed by atoms with Crippen molar-refractivity contribution in [1.29, 1.82) is 0 Å². The van der Waals surface area contributed by atoms with E-state index in [0.717, 1.165) is 18.8 Å². The Balaban J connectivity index is 0.00000225. The first kappa shape index (κ1) is 18.9. The second-order valence-corrected chi connectivity index (χ2v) is 5.86. The number of amides is 1. The van der Waals surface area contributed by atoms with Crippen molar-refractivity contribution in [1.82, 2.24) is 9.88 Å². The Kier molecular flexibility index (Phi) is 6.95. The molecule has 1 aromatic carbocycles. The number of benzene rings is 1. The Morgan fingerprint density at radius 2 is 1.52 bits per heavy atom. The minimum absolute atomic E-state index is 0. The number of hydrogen-bond donors (Lipinski definition) is 0. The largest absolute Gasteiger partial charge is 0.368 e. The van der Waals surface area contributed by atoms with Gasteiger partial charge in [-0.15, -0.1) is 12.4 Å². The lowest BCUT2D eigenvalue weighted by molar-refractivity contribution is -0.131. The molecule has 3 rings (SSSR count). The fourth-order valence-corrected chi connectivity index (χ4v) is 2.92. The third-order valence-electron chi connectivity index (χ3n) is 4.32. The number of Topliss-reactive ketones (excluding diaryl/α,β-unsaturated/α-hetero) is 1. The van der Waals surface area contributed by atoms with Gasteiger partial charge in [0.15, 0.2) is 5.78 Å². The summed E-state index contributed by atoms with van der Waals surface area (Å²) in [5.74, 6) is 0.0908. The lowest BCUT2D eigenvalue weighted by Gasteiger charge is -2.36. The number of aromatic nitrogens is 1. The van der Waals surface area contributed by atoms with E-state index >= 15 is 0 Å². The number of pyridine rings is 1. The second kappa shape index (κ2) is 9.18. The van der Waals surface area contributed by atoms with Gasteiger partial charge in [-0.2, -0.15) is 0 Å². The van der Waals surface area contributed by atoms with E-state index in [-0.39, 0.29) is 36.9 Å². The third-order valence-corrected chi connectivity index (χ3v) is 4.32. The minimum atomic E-state index is 0. The molecule has 2 heterocycles. The van der Waals surface area contributed by atoms with E-state index in [2.05, 4.69) is 9.88 Å². The zero-order chi connectivity index (χ0) is 16.8. The first-order valence-corrected chi connectivity index (χ1v) is 8.25. The standard InChI is InChI=1S/C19H21N3O2.ClH/c23-18(16-4-2-1-3-5-16)6-7-19(24)22-14-12-21(13-15-22)17-8-10-20-11-9-17;/h1-5,8-11H,6-7,12-15H2;1H. The van der Waals surface area contributed by atoms with Gasteiger partial charge in [0.25, 0.3) is 0 Å². The van der Waals surface area contributed by atoms with Gasteiger partial charge >= 0.3 is 0 Å². The number of carbonyl (C=O) groups is 2. The summed E-state index contributed by atoms with van der Waals surface area (Å²) in [7, 11) is 0. The number of hydrogen-bond acceptors (Lipinski definition) is 4. The molecule has 5 nitrogen and oxygen atoms in total. The summed E-state index contributed by atoms with van der Waals surface area (Å²) in [5, 5.41) is 0. The predicted molar refractivity (Wildman–Crippen MR) is 100 cm³/mol. The number of rotatable bonds is 5. The number of carbonyl (C=O) groups excluding carboxylic acids is 2. The summed E-state index contributed by atoms with van der Waals surface area (Å²) in [6.45, 7) is 3.01. The Labute approximate surface area is 154 Å². The summed E-state index contributed by atoms with van der Waals surface area (Å²) >= 11 is 0. The van der Waals surface area contributed by atoms with Crippen molar-refractivity contribution in [3.05, 3.63) is 60.4 Å². The summed E-state index contributed by atoms with van der Waals surface area (Å²) in [4.78, 5) is 32.5. The van der Waals surface area contributed by atoms with Crippen LogP contribution in [0.5, 0.6) is 0 Å². The number of anilines is 1. The molecule has 0 bridgehead atoms. The van der Waals surface area contributed by atoms with Gasteiger partial charge in [-0.3, -0.25) is 14.6 Å². The zero-order valence-electron chi connectivity index (χ0n) is 14.0. The van der Waals surface area contributed by atoms with Crippen LogP contribution in [-0.4, -0.2) is 47.8 Å². The van der Waals surface area contributed by atoms with Crippen LogP contribution in [-0.2, 0) is 4.79 Å². The molecule has 0 aliphatic carbocycles. The van der Waals surface area contributed by atoms with E-state index in [1.807, 2.05) is 35.2 Å². The Hall–Kier alpha value is -2.40. The highest BCUT2D eigenvalue weighted by atomic mass is 35.5.